The molecule has 2 rings (SSSR count). The highest BCUT2D eigenvalue weighted by Gasteiger charge is 2.41. The number of hydrogen-bond donors (Lipinski definition) is 0. The normalized spacial score (nSPS) is 13.5. The lowest BCUT2D eigenvalue weighted by Gasteiger charge is -2.38. The van der Waals surface area contributed by atoms with Crippen LogP contribution in [0, 0.1) is 5.82 Å². The lowest BCUT2D eigenvalue weighted by molar-refractivity contribution is -0.157. The van der Waals surface area contributed by atoms with E-state index in [-0.39, 0.29) is 11.8 Å². The van der Waals surface area contributed by atoms with Crippen molar-refractivity contribution in [2.24, 2.45) is 0 Å². The molecule has 0 heterocycles. The van der Waals surface area contributed by atoms with Crippen LogP contribution >= 0.6 is 0 Å². The van der Waals surface area contributed by atoms with E-state index < -0.39 is 5.54 Å². The van der Waals surface area contributed by atoms with Crippen molar-refractivity contribution in [2.45, 2.75) is 33.2 Å². The third kappa shape index (κ3) is 3.74. The van der Waals surface area contributed by atoms with Crippen molar-refractivity contribution < 1.29 is 13.9 Å². The van der Waals surface area contributed by atoms with Crippen molar-refractivity contribution in [3.63, 3.8) is 0 Å². The average Bonchev–Trinajstić information content (AvgIpc) is 2.63. The van der Waals surface area contributed by atoms with Gasteiger partial charge in [0.25, 0.3) is 0 Å². The molecule has 0 aliphatic rings. The molecule has 25 heavy (non-hydrogen) atoms. The van der Waals surface area contributed by atoms with Crippen molar-refractivity contribution in [1.82, 2.24) is 4.90 Å². The van der Waals surface area contributed by atoms with Gasteiger partial charge in [-0.15, -0.1) is 0 Å². The molecular formula is C21H26FNO2. The van der Waals surface area contributed by atoms with Crippen molar-refractivity contribution in [3.05, 3.63) is 59.9 Å². The molecule has 2 aromatic carbocycles. The lowest BCUT2D eigenvalue weighted by atomic mass is 9.88. The van der Waals surface area contributed by atoms with E-state index in [1.807, 2.05) is 55.1 Å². The van der Waals surface area contributed by atoms with Gasteiger partial charge in [0.05, 0.1) is 6.61 Å². The number of carbonyl (C=O) groups excluding carboxylic acids is 1. The van der Waals surface area contributed by atoms with Gasteiger partial charge in [0.1, 0.15) is 11.4 Å². The second kappa shape index (κ2) is 8.26. The first kappa shape index (κ1) is 19.1. The van der Waals surface area contributed by atoms with E-state index in [1.165, 1.54) is 6.07 Å². The number of rotatable bonds is 7. The molecule has 0 fully saturated rings. The van der Waals surface area contributed by atoms with Crippen LogP contribution in [0.2, 0.25) is 0 Å². The molecule has 4 heteroatoms. The van der Waals surface area contributed by atoms with Gasteiger partial charge in [-0.2, -0.15) is 0 Å². The molecule has 0 N–H and O–H groups in total. The van der Waals surface area contributed by atoms with E-state index in [9.17, 15) is 9.18 Å². The topological polar surface area (TPSA) is 29.5 Å². The van der Waals surface area contributed by atoms with E-state index >= 15 is 0 Å². The number of halogens is 1. The largest absolute Gasteiger partial charge is 0.464 e. The fourth-order valence-electron chi connectivity index (χ4n) is 3.23. The summed E-state index contributed by atoms with van der Waals surface area (Å²) in [4.78, 5) is 14.7. The third-order valence-electron chi connectivity index (χ3n) is 4.68. The number of ether oxygens (including phenoxy) is 1. The van der Waals surface area contributed by atoms with Gasteiger partial charge in [0.15, 0.2) is 0 Å². The van der Waals surface area contributed by atoms with Gasteiger partial charge in [-0.3, -0.25) is 4.90 Å². The molecule has 0 saturated heterocycles. The minimum absolute atomic E-state index is 0.292. The van der Waals surface area contributed by atoms with Crippen LogP contribution in [0.3, 0.4) is 0 Å². The molecule has 0 bridgehead atoms. The number of hydrogen-bond acceptors (Lipinski definition) is 3. The number of nitrogens with zero attached hydrogens (tertiary/aromatic N) is 1. The minimum atomic E-state index is -1.02. The number of carbonyl (C=O) groups is 1. The van der Waals surface area contributed by atoms with E-state index in [1.54, 1.807) is 19.9 Å². The summed E-state index contributed by atoms with van der Waals surface area (Å²) in [6, 6.07) is 14.4. The Balaban J connectivity index is 2.51. The predicted octanol–water partition coefficient (Wildman–Crippen LogP) is 4.61. The average molecular weight is 343 g/mol. The van der Waals surface area contributed by atoms with E-state index in [0.29, 0.717) is 30.8 Å². The molecule has 1 atom stereocenters. The Kier molecular flexibility index (Phi) is 6.32. The van der Waals surface area contributed by atoms with Gasteiger partial charge in [-0.25, -0.2) is 9.18 Å². The Morgan fingerprint density at radius 1 is 1.08 bits per heavy atom. The van der Waals surface area contributed by atoms with Crippen LogP contribution in [0.5, 0.6) is 0 Å². The van der Waals surface area contributed by atoms with Crippen LogP contribution in [0.4, 0.5) is 4.39 Å². The summed E-state index contributed by atoms with van der Waals surface area (Å²) in [5.41, 5.74) is 0.921. The van der Waals surface area contributed by atoms with E-state index in [0.717, 1.165) is 5.56 Å². The molecule has 0 spiro atoms. The van der Waals surface area contributed by atoms with Gasteiger partial charge in [0.2, 0.25) is 0 Å². The third-order valence-corrected chi connectivity index (χ3v) is 4.68. The summed E-state index contributed by atoms with van der Waals surface area (Å²) in [7, 11) is 0. The highest BCUT2D eigenvalue weighted by molar-refractivity contribution is 5.82. The second-order valence-corrected chi connectivity index (χ2v) is 6.03. The Bertz CT molecular complexity index is 713. The first-order chi connectivity index (χ1) is 12.0. The number of benzene rings is 2. The molecule has 0 aromatic heterocycles. The molecular weight excluding hydrogens is 317 g/mol. The summed E-state index contributed by atoms with van der Waals surface area (Å²) < 4.78 is 20.1. The Hall–Kier alpha value is -2.20. The summed E-state index contributed by atoms with van der Waals surface area (Å²) in [5, 5.41) is 0. The van der Waals surface area contributed by atoms with Crippen molar-refractivity contribution in [3.8, 4) is 11.1 Å². The van der Waals surface area contributed by atoms with Crippen molar-refractivity contribution >= 4 is 5.97 Å². The van der Waals surface area contributed by atoms with Gasteiger partial charge in [0, 0.05) is 5.56 Å². The highest BCUT2D eigenvalue weighted by atomic mass is 19.1. The van der Waals surface area contributed by atoms with Crippen LogP contribution in [0.15, 0.2) is 48.5 Å². The van der Waals surface area contributed by atoms with Gasteiger partial charge >= 0.3 is 5.97 Å². The van der Waals surface area contributed by atoms with Gasteiger partial charge < -0.3 is 4.74 Å². The van der Waals surface area contributed by atoms with Crippen LogP contribution in [0.25, 0.3) is 11.1 Å². The monoisotopic (exact) mass is 343 g/mol. The minimum Gasteiger partial charge on any atom is -0.464 e. The molecule has 0 aliphatic carbocycles. The molecule has 3 nitrogen and oxygen atoms in total. The fraction of sp³-hybridized carbons (Fsp3) is 0.381. The number of likely N-dealkylation sites (N-methyl/N-ethyl adjacent to an activating group) is 1. The van der Waals surface area contributed by atoms with E-state index in [2.05, 4.69) is 0 Å². The molecule has 0 saturated carbocycles. The Morgan fingerprint density at radius 3 is 2.24 bits per heavy atom. The maximum absolute atomic E-state index is 14.8. The zero-order chi connectivity index (χ0) is 18.4. The zero-order valence-corrected chi connectivity index (χ0v) is 15.4. The maximum atomic E-state index is 14.8. The molecule has 0 amide bonds. The summed E-state index contributed by atoms with van der Waals surface area (Å²) in [6.45, 7) is 9.15. The van der Waals surface area contributed by atoms with E-state index in [4.69, 9.17) is 4.74 Å². The molecule has 0 radical (unpaired) electrons. The quantitative estimate of drug-likeness (QED) is 0.688. The summed E-state index contributed by atoms with van der Waals surface area (Å²) in [6.07, 6.45) is 0. The molecule has 2 aromatic rings. The highest BCUT2D eigenvalue weighted by Crippen LogP contribution is 2.33. The molecule has 134 valence electrons. The second-order valence-electron chi connectivity index (χ2n) is 6.03. The Morgan fingerprint density at radius 2 is 1.72 bits per heavy atom. The first-order valence-corrected chi connectivity index (χ1v) is 8.76. The fourth-order valence-corrected chi connectivity index (χ4v) is 3.23. The van der Waals surface area contributed by atoms with Crippen LogP contribution in [0.1, 0.15) is 33.3 Å². The summed E-state index contributed by atoms with van der Waals surface area (Å²) in [5.74, 6) is -0.697. The van der Waals surface area contributed by atoms with Gasteiger partial charge in [-0.05, 0) is 44.1 Å². The zero-order valence-electron chi connectivity index (χ0n) is 15.4. The van der Waals surface area contributed by atoms with Crippen LogP contribution in [-0.2, 0) is 15.1 Å². The van der Waals surface area contributed by atoms with Crippen LogP contribution in [-0.4, -0.2) is 30.6 Å². The van der Waals surface area contributed by atoms with Gasteiger partial charge in [-0.1, -0.05) is 56.3 Å². The first-order valence-electron chi connectivity index (χ1n) is 8.76. The molecule has 0 aliphatic heterocycles. The maximum Gasteiger partial charge on any atom is 0.330 e. The summed E-state index contributed by atoms with van der Waals surface area (Å²) >= 11 is 0. The lowest BCUT2D eigenvalue weighted by Crippen LogP contribution is -2.50. The van der Waals surface area contributed by atoms with Crippen molar-refractivity contribution in [1.29, 1.82) is 0 Å². The molecule has 1 unspecified atom stereocenters. The standard InChI is InChI=1S/C21H26FNO2/c1-5-23(6-2)21(4,20(24)25-7-3)17-13-14-18(19(22)15-17)16-11-9-8-10-12-16/h8-15H,5-7H2,1-4H3. The van der Waals surface area contributed by atoms with Crippen LogP contribution < -0.4 is 0 Å². The Labute approximate surface area is 149 Å². The predicted molar refractivity (Wildman–Crippen MR) is 98.7 cm³/mol. The van der Waals surface area contributed by atoms with Crippen molar-refractivity contribution in [2.75, 3.05) is 19.7 Å². The number of esters is 1. The smallest absolute Gasteiger partial charge is 0.330 e. The SMILES string of the molecule is CCOC(=O)C(C)(c1ccc(-c2ccccc2)c(F)c1)N(CC)CC.